The molecule has 3 heterocycles. The third-order valence-electron chi connectivity index (χ3n) is 4.65. The van der Waals surface area contributed by atoms with Crippen molar-refractivity contribution in [2.75, 3.05) is 45.3 Å². The van der Waals surface area contributed by atoms with Crippen molar-refractivity contribution in [2.24, 2.45) is 0 Å². The highest BCUT2D eigenvalue weighted by molar-refractivity contribution is 5.37. The Hall–Kier alpha value is -1.17. The first-order valence-electron chi connectivity index (χ1n) is 7.79. The second-order valence-corrected chi connectivity index (χ2v) is 6.30. The Balaban J connectivity index is 1.61. The number of aromatic nitrogens is 1. The molecule has 0 amide bonds. The Kier molecular flexibility index (Phi) is 4.42. The van der Waals surface area contributed by atoms with Crippen LogP contribution in [0, 0.1) is 0 Å². The number of hydrogen-bond donors (Lipinski definition) is 1. The average Bonchev–Trinajstić information content (AvgIpc) is 2.94. The van der Waals surface area contributed by atoms with E-state index in [0.29, 0.717) is 19.1 Å². The van der Waals surface area contributed by atoms with Crippen molar-refractivity contribution in [1.29, 1.82) is 0 Å². The quantitative estimate of drug-likeness (QED) is 0.903. The van der Waals surface area contributed by atoms with Crippen molar-refractivity contribution in [2.45, 2.75) is 30.9 Å². The normalized spacial score (nSPS) is 28.0. The molecule has 116 valence electrons. The Morgan fingerprint density at radius 3 is 2.62 bits per heavy atom. The summed E-state index contributed by atoms with van der Waals surface area (Å²) in [5.74, 6) is 1.55. The third-order valence-corrected chi connectivity index (χ3v) is 4.65. The predicted octanol–water partition coefficient (Wildman–Crippen LogP) is 1.09. The first kappa shape index (κ1) is 14.8. The van der Waals surface area contributed by atoms with E-state index in [1.165, 1.54) is 5.69 Å². The van der Waals surface area contributed by atoms with Gasteiger partial charge in [0, 0.05) is 25.7 Å². The Morgan fingerprint density at radius 2 is 2.00 bits per heavy atom. The van der Waals surface area contributed by atoms with Crippen LogP contribution < -0.4 is 4.90 Å². The molecule has 0 bridgehead atoms. The third kappa shape index (κ3) is 3.20. The SMILES string of the molecule is CN(C)c1cccc(C2CCN(C3COCC3O)CC2)n1. The molecule has 2 atom stereocenters. The number of rotatable bonds is 3. The number of nitrogens with zero attached hydrogens (tertiary/aromatic N) is 3. The van der Waals surface area contributed by atoms with E-state index in [-0.39, 0.29) is 12.1 Å². The highest BCUT2D eigenvalue weighted by Crippen LogP contribution is 2.29. The van der Waals surface area contributed by atoms with E-state index in [9.17, 15) is 5.11 Å². The zero-order valence-corrected chi connectivity index (χ0v) is 12.9. The fraction of sp³-hybridized carbons (Fsp3) is 0.688. The number of aliphatic hydroxyl groups is 1. The molecule has 2 fully saturated rings. The van der Waals surface area contributed by atoms with E-state index >= 15 is 0 Å². The maximum atomic E-state index is 9.94. The molecule has 0 saturated carbocycles. The van der Waals surface area contributed by atoms with Crippen molar-refractivity contribution in [3.63, 3.8) is 0 Å². The van der Waals surface area contributed by atoms with Crippen LogP contribution >= 0.6 is 0 Å². The molecule has 2 aliphatic heterocycles. The summed E-state index contributed by atoms with van der Waals surface area (Å²) in [5.41, 5.74) is 1.20. The van der Waals surface area contributed by atoms with Gasteiger partial charge in [0.15, 0.2) is 0 Å². The molecular weight excluding hydrogens is 266 g/mol. The van der Waals surface area contributed by atoms with Gasteiger partial charge in [0.05, 0.1) is 25.4 Å². The molecule has 5 heteroatoms. The molecule has 5 nitrogen and oxygen atoms in total. The summed E-state index contributed by atoms with van der Waals surface area (Å²) in [4.78, 5) is 9.19. The van der Waals surface area contributed by atoms with Gasteiger partial charge >= 0.3 is 0 Å². The van der Waals surface area contributed by atoms with E-state index in [4.69, 9.17) is 9.72 Å². The summed E-state index contributed by atoms with van der Waals surface area (Å²) in [6, 6.07) is 6.47. The summed E-state index contributed by atoms with van der Waals surface area (Å²) in [7, 11) is 4.05. The Morgan fingerprint density at radius 1 is 1.24 bits per heavy atom. The van der Waals surface area contributed by atoms with Crippen molar-refractivity contribution < 1.29 is 9.84 Å². The molecule has 1 N–H and O–H groups in total. The summed E-state index contributed by atoms with van der Waals surface area (Å²) in [6.45, 7) is 3.18. The molecule has 1 aromatic rings. The van der Waals surface area contributed by atoms with Crippen LogP contribution in [0.3, 0.4) is 0 Å². The van der Waals surface area contributed by atoms with Crippen LogP contribution in [0.5, 0.6) is 0 Å². The van der Waals surface area contributed by atoms with Gasteiger partial charge in [0.25, 0.3) is 0 Å². The number of pyridine rings is 1. The van der Waals surface area contributed by atoms with E-state index in [1.54, 1.807) is 0 Å². The van der Waals surface area contributed by atoms with Crippen molar-refractivity contribution in [3.05, 3.63) is 23.9 Å². The number of ether oxygens (including phenoxy) is 1. The number of hydrogen-bond acceptors (Lipinski definition) is 5. The molecule has 0 spiro atoms. The number of anilines is 1. The molecule has 0 radical (unpaired) electrons. The van der Waals surface area contributed by atoms with Crippen LogP contribution in [-0.4, -0.2) is 67.5 Å². The smallest absolute Gasteiger partial charge is 0.128 e. The predicted molar refractivity (Wildman–Crippen MR) is 82.7 cm³/mol. The van der Waals surface area contributed by atoms with Gasteiger partial charge in [0.1, 0.15) is 5.82 Å². The molecule has 0 aromatic carbocycles. The van der Waals surface area contributed by atoms with Gasteiger partial charge in [-0.15, -0.1) is 0 Å². The molecule has 21 heavy (non-hydrogen) atoms. The number of piperidine rings is 1. The van der Waals surface area contributed by atoms with Gasteiger partial charge in [0.2, 0.25) is 0 Å². The summed E-state index contributed by atoms with van der Waals surface area (Å²) < 4.78 is 5.37. The van der Waals surface area contributed by atoms with Crippen molar-refractivity contribution >= 4 is 5.82 Å². The van der Waals surface area contributed by atoms with Crippen molar-refractivity contribution in [3.8, 4) is 0 Å². The maximum Gasteiger partial charge on any atom is 0.128 e. The minimum Gasteiger partial charge on any atom is -0.389 e. The monoisotopic (exact) mass is 291 g/mol. The molecule has 3 rings (SSSR count). The van der Waals surface area contributed by atoms with E-state index in [2.05, 4.69) is 17.0 Å². The summed E-state index contributed by atoms with van der Waals surface area (Å²) >= 11 is 0. The zero-order chi connectivity index (χ0) is 14.8. The topological polar surface area (TPSA) is 48.8 Å². The zero-order valence-electron chi connectivity index (χ0n) is 12.9. The number of aliphatic hydroxyl groups excluding tert-OH is 1. The first-order valence-corrected chi connectivity index (χ1v) is 7.79. The summed E-state index contributed by atoms with van der Waals surface area (Å²) in [5, 5.41) is 9.94. The molecule has 2 aliphatic rings. The highest BCUT2D eigenvalue weighted by atomic mass is 16.5. The highest BCUT2D eigenvalue weighted by Gasteiger charge is 2.34. The Labute approximate surface area is 126 Å². The fourth-order valence-electron chi connectivity index (χ4n) is 3.32. The second-order valence-electron chi connectivity index (χ2n) is 6.30. The minimum absolute atomic E-state index is 0.187. The lowest BCUT2D eigenvalue weighted by Gasteiger charge is -2.36. The van der Waals surface area contributed by atoms with Crippen LogP contribution in [0.4, 0.5) is 5.82 Å². The lowest BCUT2D eigenvalue weighted by molar-refractivity contribution is 0.0660. The van der Waals surface area contributed by atoms with Crippen LogP contribution in [0.15, 0.2) is 18.2 Å². The molecule has 2 unspecified atom stereocenters. The van der Waals surface area contributed by atoms with Gasteiger partial charge in [-0.2, -0.15) is 0 Å². The Bertz CT molecular complexity index is 472. The van der Waals surface area contributed by atoms with Crippen LogP contribution in [0.2, 0.25) is 0 Å². The van der Waals surface area contributed by atoms with Crippen LogP contribution in [-0.2, 0) is 4.74 Å². The molecule has 2 saturated heterocycles. The fourth-order valence-corrected chi connectivity index (χ4v) is 3.32. The van der Waals surface area contributed by atoms with E-state index < -0.39 is 0 Å². The second kappa shape index (κ2) is 6.30. The van der Waals surface area contributed by atoms with Crippen LogP contribution in [0.1, 0.15) is 24.5 Å². The molecular formula is C16H25N3O2. The molecule has 1 aromatic heterocycles. The van der Waals surface area contributed by atoms with Gasteiger partial charge in [-0.3, -0.25) is 4.90 Å². The lowest BCUT2D eigenvalue weighted by Crippen LogP contribution is -2.46. The average molecular weight is 291 g/mol. The standard InChI is InChI=1S/C16H25N3O2/c1-18(2)16-5-3-4-13(17-16)12-6-8-19(9-7-12)14-10-21-11-15(14)20/h3-5,12,14-15,20H,6-11H2,1-2H3. The molecule has 0 aliphatic carbocycles. The van der Waals surface area contributed by atoms with Gasteiger partial charge in [-0.05, 0) is 38.1 Å². The summed E-state index contributed by atoms with van der Waals surface area (Å²) in [6.07, 6.45) is 1.89. The van der Waals surface area contributed by atoms with Crippen LogP contribution in [0.25, 0.3) is 0 Å². The number of likely N-dealkylation sites (tertiary alicyclic amines) is 1. The maximum absolute atomic E-state index is 9.94. The van der Waals surface area contributed by atoms with Crippen molar-refractivity contribution in [1.82, 2.24) is 9.88 Å². The van der Waals surface area contributed by atoms with E-state index in [0.717, 1.165) is 31.7 Å². The first-order chi connectivity index (χ1) is 10.1. The van der Waals surface area contributed by atoms with Gasteiger partial charge in [-0.1, -0.05) is 6.07 Å². The minimum atomic E-state index is -0.322. The van der Waals surface area contributed by atoms with E-state index in [1.807, 2.05) is 25.1 Å². The van der Waals surface area contributed by atoms with Gasteiger partial charge in [-0.25, -0.2) is 4.98 Å². The van der Waals surface area contributed by atoms with Gasteiger partial charge < -0.3 is 14.7 Å². The largest absolute Gasteiger partial charge is 0.389 e. The lowest BCUT2D eigenvalue weighted by atomic mass is 9.92.